The first kappa shape index (κ1) is 15.1. The number of hydrogen-bond donors (Lipinski definition) is 1. The van der Waals surface area contributed by atoms with Crippen LogP contribution in [0.2, 0.25) is 0 Å². The Labute approximate surface area is 141 Å². The number of nitrogens with zero attached hydrogens (tertiary/aromatic N) is 2. The van der Waals surface area contributed by atoms with Gasteiger partial charge in [0.1, 0.15) is 0 Å². The topological polar surface area (TPSA) is 46.9 Å². The van der Waals surface area contributed by atoms with Crippen molar-refractivity contribution in [2.45, 2.75) is 6.42 Å². The number of thioether (sulfide) groups is 1. The van der Waals surface area contributed by atoms with Crippen LogP contribution in [0.5, 0.6) is 0 Å². The van der Waals surface area contributed by atoms with Gasteiger partial charge in [-0.25, -0.2) is 0 Å². The Hall–Kier alpha value is -1.79. The van der Waals surface area contributed by atoms with Gasteiger partial charge in [-0.15, -0.1) is 0 Å². The Kier molecular flexibility index (Phi) is 4.49. The van der Waals surface area contributed by atoms with Gasteiger partial charge in [0.2, 0.25) is 0 Å². The smallest absolute Gasteiger partial charge is 0.262 e. The third kappa shape index (κ3) is 3.18. The van der Waals surface area contributed by atoms with Crippen LogP contribution in [0.25, 0.3) is 11.3 Å². The number of nitrogens with one attached hydrogen (secondary N) is 1. The third-order valence-electron chi connectivity index (χ3n) is 3.24. The van der Waals surface area contributed by atoms with Crippen molar-refractivity contribution in [2.24, 2.45) is 7.05 Å². The monoisotopic (exact) mass is 375 g/mol. The molecule has 2 heterocycles. The van der Waals surface area contributed by atoms with Gasteiger partial charge >= 0.3 is 0 Å². The van der Waals surface area contributed by atoms with Gasteiger partial charge in [-0.3, -0.25) is 9.48 Å². The van der Waals surface area contributed by atoms with Crippen molar-refractivity contribution < 1.29 is 4.79 Å². The second-order valence-corrected chi connectivity index (χ2v) is 6.60. The molecular formula is C16H14BrN3OS. The van der Waals surface area contributed by atoms with Crippen LogP contribution in [0.4, 0.5) is 5.69 Å². The van der Waals surface area contributed by atoms with Gasteiger partial charge in [0.25, 0.3) is 5.91 Å². The second-order valence-electron chi connectivity index (χ2n) is 4.79. The molecule has 0 atom stereocenters. The highest BCUT2D eigenvalue weighted by atomic mass is 79.9. The summed E-state index contributed by atoms with van der Waals surface area (Å²) in [6, 6.07) is 7.75. The molecule has 3 rings (SSSR count). The summed E-state index contributed by atoms with van der Waals surface area (Å²) in [5.74, 6) is -0.0735. The van der Waals surface area contributed by atoms with E-state index in [1.165, 1.54) is 11.8 Å². The lowest BCUT2D eigenvalue weighted by molar-refractivity contribution is -0.112. The molecular weight excluding hydrogens is 362 g/mol. The van der Waals surface area contributed by atoms with Gasteiger partial charge in [-0.1, -0.05) is 36.0 Å². The van der Waals surface area contributed by atoms with E-state index < -0.39 is 0 Å². The standard InChI is InChI=1S/C16H14BrN3OS/c1-20-15(13(17)10-18-20)11-5-4-6-12(9-11)19-16(21)14-7-2-3-8-22-14/h3-10H,2H2,1H3,(H,19,21). The molecule has 0 bridgehead atoms. The predicted octanol–water partition coefficient (Wildman–Crippen LogP) is 4.32. The average molecular weight is 376 g/mol. The normalized spacial score (nSPS) is 13.8. The minimum atomic E-state index is -0.0735. The summed E-state index contributed by atoms with van der Waals surface area (Å²) in [7, 11) is 1.89. The maximum atomic E-state index is 12.2. The predicted molar refractivity (Wildman–Crippen MR) is 94.4 cm³/mol. The summed E-state index contributed by atoms with van der Waals surface area (Å²) in [5.41, 5.74) is 2.74. The number of anilines is 1. The van der Waals surface area contributed by atoms with E-state index in [0.29, 0.717) is 0 Å². The van der Waals surface area contributed by atoms with Gasteiger partial charge < -0.3 is 5.32 Å². The van der Waals surface area contributed by atoms with Crippen molar-refractivity contribution in [3.63, 3.8) is 0 Å². The van der Waals surface area contributed by atoms with Crippen molar-refractivity contribution >= 4 is 39.3 Å². The number of carbonyl (C=O) groups is 1. The molecule has 4 nitrogen and oxygen atoms in total. The van der Waals surface area contributed by atoms with E-state index >= 15 is 0 Å². The van der Waals surface area contributed by atoms with E-state index in [1.54, 1.807) is 10.9 Å². The van der Waals surface area contributed by atoms with Crippen LogP contribution < -0.4 is 5.32 Å². The highest BCUT2D eigenvalue weighted by molar-refractivity contribution is 9.10. The summed E-state index contributed by atoms with van der Waals surface area (Å²) in [5, 5.41) is 9.11. The van der Waals surface area contributed by atoms with Gasteiger partial charge in [0, 0.05) is 18.3 Å². The SMILES string of the molecule is Cn1ncc(Br)c1-c1cccc(NC(=O)C2=CCC=CS2)c1. The van der Waals surface area contributed by atoms with E-state index in [4.69, 9.17) is 0 Å². The van der Waals surface area contributed by atoms with Crippen LogP contribution in [0, 0.1) is 0 Å². The van der Waals surface area contributed by atoms with Gasteiger partial charge in [-0.05, 0) is 39.9 Å². The molecule has 1 aromatic heterocycles. The summed E-state index contributed by atoms with van der Waals surface area (Å²) in [6.45, 7) is 0. The molecule has 0 unspecified atom stereocenters. The second kappa shape index (κ2) is 6.54. The molecule has 0 fully saturated rings. The fourth-order valence-electron chi connectivity index (χ4n) is 2.22. The lowest BCUT2D eigenvalue weighted by atomic mass is 10.1. The molecule has 2 aromatic rings. The maximum absolute atomic E-state index is 12.2. The molecule has 1 aromatic carbocycles. The molecule has 0 aliphatic carbocycles. The van der Waals surface area contributed by atoms with Crippen molar-refractivity contribution in [3.05, 3.63) is 57.4 Å². The van der Waals surface area contributed by atoms with E-state index in [1.807, 2.05) is 48.9 Å². The number of carbonyl (C=O) groups excluding carboxylic acids is 1. The fourth-order valence-corrected chi connectivity index (χ4v) is 3.50. The lowest BCUT2D eigenvalue weighted by Crippen LogP contribution is -2.13. The minimum absolute atomic E-state index is 0.0735. The zero-order valence-electron chi connectivity index (χ0n) is 11.9. The summed E-state index contributed by atoms with van der Waals surface area (Å²) >= 11 is 4.95. The number of rotatable bonds is 3. The Morgan fingerprint density at radius 2 is 2.32 bits per heavy atom. The van der Waals surface area contributed by atoms with Crippen molar-refractivity contribution in [1.29, 1.82) is 0 Å². The molecule has 1 aliphatic heterocycles. The molecule has 22 heavy (non-hydrogen) atoms. The summed E-state index contributed by atoms with van der Waals surface area (Å²) in [6.07, 6.45) is 6.53. The van der Waals surface area contributed by atoms with E-state index in [2.05, 4.69) is 26.3 Å². The largest absolute Gasteiger partial charge is 0.322 e. The van der Waals surface area contributed by atoms with Gasteiger partial charge in [0.15, 0.2) is 0 Å². The summed E-state index contributed by atoms with van der Waals surface area (Å²) < 4.78 is 2.73. The number of benzene rings is 1. The Morgan fingerprint density at radius 1 is 1.45 bits per heavy atom. The average Bonchev–Trinajstić information content (AvgIpc) is 2.87. The number of allylic oxidation sites excluding steroid dienone is 2. The van der Waals surface area contributed by atoms with Crippen molar-refractivity contribution in [3.8, 4) is 11.3 Å². The van der Waals surface area contributed by atoms with E-state index in [0.717, 1.165) is 32.7 Å². The van der Waals surface area contributed by atoms with Crippen LogP contribution in [-0.2, 0) is 11.8 Å². The highest BCUT2D eigenvalue weighted by Crippen LogP contribution is 2.30. The number of halogens is 1. The van der Waals surface area contributed by atoms with E-state index in [-0.39, 0.29) is 5.91 Å². The Bertz CT molecular complexity index is 760. The number of aryl methyl sites for hydroxylation is 1. The Balaban J connectivity index is 1.83. The first-order chi connectivity index (χ1) is 10.6. The van der Waals surface area contributed by atoms with Crippen LogP contribution in [-0.4, -0.2) is 15.7 Å². The first-order valence-electron chi connectivity index (χ1n) is 6.76. The first-order valence-corrected chi connectivity index (χ1v) is 8.43. The van der Waals surface area contributed by atoms with Gasteiger partial charge in [0.05, 0.1) is 21.3 Å². The quantitative estimate of drug-likeness (QED) is 0.868. The minimum Gasteiger partial charge on any atom is -0.322 e. The molecule has 1 amide bonds. The molecule has 0 spiro atoms. The molecule has 0 saturated carbocycles. The molecule has 0 radical (unpaired) electrons. The lowest BCUT2D eigenvalue weighted by Gasteiger charge is -2.10. The summed E-state index contributed by atoms with van der Waals surface area (Å²) in [4.78, 5) is 13.0. The van der Waals surface area contributed by atoms with Crippen molar-refractivity contribution in [2.75, 3.05) is 5.32 Å². The van der Waals surface area contributed by atoms with Crippen molar-refractivity contribution in [1.82, 2.24) is 9.78 Å². The van der Waals surface area contributed by atoms with Gasteiger partial charge in [-0.2, -0.15) is 5.10 Å². The number of amides is 1. The maximum Gasteiger partial charge on any atom is 0.262 e. The third-order valence-corrected chi connectivity index (χ3v) is 4.76. The zero-order valence-corrected chi connectivity index (χ0v) is 14.3. The van der Waals surface area contributed by atoms with Crippen LogP contribution in [0.1, 0.15) is 6.42 Å². The van der Waals surface area contributed by atoms with Crippen LogP contribution in [0.3, 0.4) is 0 Å². The molecule has 6 heteroatoms. The zero-order chi connectivity index (χ0) is 15.5. The number of hydrogen-bond acceptors (Lipinski definition) is 3. The number of aromatic nitrogens is 2. The molecule has 1 N–H and O–H groups in total. The fraction of sp³-hybridized carbons (Fsp3) is 0.125. The van der Waals surface area contributed by atoms with Crippen LogP contribution >= 0.6 is 27.7 Å². The molecule has 112 valence electrons. The highest BCUT2D eigenvalue weighted by Gasteiger charge is 2.13. The Morgan fingerprint density at radius 3 is 3.00 bits per heavy atom. The van der Waals surface area contributed by atoms with Crippen LogP contribution in [0.15, 0.2) is 57.4 Å². The molecule has 1 aliphatic rings. The molecule has 0 saturated heterocycles. The van der Waals surface area contributed by atoms with E-state index in [9.17, 15) is 4.79 Å².